The molecule has 0 aromatic carbocycles. The van der Waals surface area contributed by atoms with Gasteiger partial charge < -0.3 is 20.4 Å². The Labute approximate surface area is 188 Å². The van der Waals surface area contributed by atoms with Gasteiger partial charge in [-0.15, -0.1) is 0 Å². The maximum atomic E-state index is 11.5. The molecule has 1 unspecified atom stereocenters. The number of hydrogen-bond donors (Lipinski definition) is 4. The summed E-state index contributed by atoms with van der Waals surface area (Å²) in [6, 6.07) is 0. The summed E-state index contributed by atoms with van der Waals surface area (Å²) in [5.41, 5.74) is 2.26. The second-order valence-electron chi connectivity index (χ2n) is 11.5. The van der Waals surface area contributed by atoms with Crippen LogP contribution in [0.2, 0.25) is 0 Å². The molecule has 176 valence electrons. The van der Waals surface area contributed by atoms with Crippen molar-refractivity contribution in [2.24, 2.45) is 23.2 Å². The Morgan fingerprint density at radius 1 is 1.23 bits per heavy atom. The van der Waals surface area contributed by atoms with Gasteiger partial charge in [0.25, 0.3) is 0 Å². The lowest BCUT2D eigenvalue weighted by Gasteiger charge is -2.47. The SMILES string of the molecule is C=C1C(=CC=C2CCC[C@@]3(C)[C@H]2CC[C@@H]3[C@@](C)(O)CC(O)CC(C)C)C[C@@H](O)C[C@@H]1O. The van der Waals surface area contributed by atoms with Gasteiger partial charge in [-0.2, -0.15) is 0 Å². The van der Waals surface area contributed by atoms with Gasteiger partial charge in [-0.05, 0) is 86.2 Å². The van der Waals surface area contributed by atoms with Gasteiger partial charge in [0.15, 0.2) is 0 Å². The van der Waals surface area contributed by atoms with E-state index in [1.54, 1.807) is 0 Å². The average Bonchev–Trinajstić information content (AvgIpc) is 3.00. The Morgan fingerprint density at radius 2 is 1.94 bits per heavy atom. The number of aliphatic hydroxyl groups is 4. The highest BCUT2D eigenvalue weighted by Crippen LogP contribution is 2.60. The largest absolute Gasteiger partial charge is 0.393 e. The topological polar surface area (TPSA) is 80.9 Å². The van der Waals surface area contributed by atoms with Crippen LogP contribution in [0.5, 0.6) is 0 Å². The third-order valence-electron chi connectivity index (χ3n) is 8.37. The van der Waals surface area contributed by atoms with Crippen molar-refractivity contribution >= 4 is 0 Å². The molecule has 0 heterocycles. The van der Waals surface area contributed by atoms with E-state index in [2.05, 4.69) is 39.5 Å². The molecular weight excluding hydrogens is 388 g/mol. The van der Waals surface area contributed by atoms with Crippen LogP contribution < -0.4 is 0 Å². The molecule has 3 saturated carbocycles. The van der Waals surface area contributed by atoms with Gasteiger partial charge in [0, 0.05) is 12.8 Å². The Morgan fingerprint density at radius 3 is 2.61 bits per heavy atom. The van der Waals surface area contributed by atoms with Crippen LogP contribution in [0.25, 0.3) is 0 Å². The maximum absolute atomic E-state index is 11.5. The average molecular weight is 433 g/mol. The molecule has 4 heteroatoms. The fourth-order valence-corrected chi connectivity index (χ4v) is 6.97. The number of fused-ring (bicyclic) bond motifs is 1. The highest BCUT2D eigenvalue weighted by molar-refractivity contribution is 5.38. The molecule has 0 aliphatic heterocycles. The van der Waals surface area contributed by atoms with Crippen LogP contribution in [0.1, 0.15) is 85.5 Å². The summed E-state index contributed by atoms with van der Waals surface area (Å²) >= 11 is 0. The zero-order valence-corrected chi connectivity index (χ0v) is 20.0. The first kappa shape index (κ1) is 24.7. The molecule has 3 rings (SSSR count). The van der Waals surface area contributed by atoms with Crippen LogP contribution >= 0.6 is 0 Å². The first-order chi connectivity index (χ1) is 14.4. The summed E-state index contributed by atoms with van der Waals surface area (Å²) in [5, 5.41) is 42.1. The predicted octanol–water partition coefficient (Wildman–Crippen LogP) is 4.68. The first-order valence-corrected chi connectivity index (χ1v) is 12.3. The number of hydrogen-bond acceptors (Lipinski definition) is 4. The number of aliphatic hydroxyl groups excluding tert-OH is 3. The van der Waals surface area contributed by atoms with Crippen molar-refractivity contribution in [1.29, 1.82) is 0 Å². The van der Waals surface area contributed by atoms with Gasteiger partial charge in [-0.1, -0.05) is 45.1 Å². The van der Waals surface area contributed by atoms with Gasteiger partial charge in [0.05, 0.1) is 23.9 Å². The van der Waals surface area contributed by atoms with Gasteiger partial charge in [0.1, 0.15) is 0 Å². The fraction of sp³-hybridized carbons (Fsp3) is 0.778. The summed E-state index contributed by atoms with van der Waals surface area (Å²) in [6.45, 7) is 12.5. The minimum absolute atomic E-state index is 0.0340. The highest BCUT2D eigenvalue weighted by Gasteiger charge is 2.55. The molecule has 0 amide bonds. The van der Waals surface area contributed by atoms with E-state index in [1.807, 2.05) is 6.92 Å². The molecule has 31 heavy (non-hydrogen) atoms. The zero-order valence-electron chi connectivity index (χ0n) is 20.0. The molecule has 4 nitrogen and oxygen atoms in total. The van der Waals surface area contributed by atoms with Crippen molar-refractivity contribution in [2.75, 3.05) is 0 Å². The molecule has 3 aliphatic rings. The minimum atomic E-state index is -0.870. The Balaban J connectivity index is 1.78. The molecule has 7 atom stereocenters. The van der Waals surface area contributed by atoms with E-state index < -0.39 is 23.9 Å². The van der Waals surface area contributed by atoms with Crippen molar-refractivity contribution in [3.63, 3.8) is 0 Å². The quantitative estimate of drug-likeness (QED) is 0.491. The minimum Gasteiger partial charge on any atom is -0.393 e. The Bertz CT molecular complexity index is 719. The van der Waals surface area contributed by atoms with E-state index in [0.29, 0.717) is 31.1 Å². The van der Waals surface area contributed by atoms with E-state index in [-0.39, 0.29) is 11.3 Å². The summed E-state index contributed by atoms with van der Waals surface area (Å²) < 4.78 is 0. The van der Waals surface area contributed by atoms with Gasteiger partial charge >= 0.3 is 0 Å². The van der Waals surface area contributed by atoms with Crippen molar-refractivity contribution in [3.05, 3.63) is 35.5 Å². The van der Waals surface area contributed by atoms with Crippen LogP contribution in [0, 0.1) is 23.2 Å². The normalized spacial score (nSPS) is 39.7. The molecule has 3 fully saturated rings. The summed E-state index contributed by atoms with van der Waals surface area (Å²) in [4.78, 5) is 0. The second-order valence-corrected chi connectivity index (χ2v) is 11.5. The van der Waals surface area contributed by atoms with Crippen LogP contribution in [-0.4, -0.2) is 44.3 Å². The molecule has 3 aliphatic carbocycles. The highest BCUT2D eigenvalue weighted by atomic mass is 16.3. The lowest BCUT2D eigenvalue weighted by Crippen LogP contribution is -2.47. The predicted molar refractivity (Wildman–Crippen MR) is 125 cm³/mol. The second kappa shape index (κ2) is 9.51. The third kappa shape index (κ3) is 5.35. The lowest BCUT2D eigenvalue weighted by molar-refractivity contribution is -0.0867. The van der Waals surface area contributed by atoms with E-state index >= 15 is 0 Å². The van der Waals surface area contributed by atoms with Crippen LogP contribution in [0.4, 0.5) is 0 Å². The van der Waals surface area contributed by atoms with Gasteiger partial charge in [0.2, 0.25) is 0 Å². The molecule has 0 saturated heterocycles. The lowest BCUT2D eigenvalue weighted by atomic mass is 9.59. The standard InChI is InChI=1S/C27H44O4/c1-17(2)13-22(29)16-27(5,31)25-11-10-23-19(7-6-12-26(23,25)4)8-9-20-14-21(28)15-24(30)18(20)3/h8-9,17,21-25,28-31H,3,6-7,10-16H2,1-2,4-5H3/t21-,22?,23+,24+,25+,26+,27+/m1/s1. The van der Waals surface area contributed by atoms with Crippen molar-refractivity contribution < 1.29 is 20.4 Å². The van der Waals surface area contributed by atoms with Crippen molar-refractivity contribution in [2.45, 2.75) is 109 Å². The van der Waals surface area contributed by atoms with Crippen LogP contribution in [0.15, 0.2) is 35.5 Å². The molecule has 4 N–H and O–H groups in total. The summed E-state index contributed by atoms with van der Waals surface area (Å²) in [5.74, 6) is 1.03. The Kier molecular flexibility index (Phi) is 7.57. The molecule has 0 aromatic rings. The van der Waals surface area contributed by atoms with Crippen LogP contribution in [-0.2, 0) is 0 Å². The molecule has 0 bridgehead atoms. The number of rotatable bonds is 6. The Hall–Kier alpha value is -0.940. The zero-order chi connectivity index (χ0) is 23.0. The van der Waals surface area contributed by atoms with Crippen molar-refractivity contribution in [3.8, 4) is 0 Å². The smallest absolute Gasteiger partial charge is 0.0811 e. The van der Waals surface area contributed by atoms with Gasteiger partial charge in [-0.3, -0.25) is 0 Å². The number of allylic oxidation sites excluding steroid dienone is 3. The fourth-order valence-electron chi connectivity index (χ4n) is 6.97. The van der Waals surface area contributed by atoms with Crippen molar-refractivity contribution in [1.82, 2.24) is 0 Å². The molecule has 0 aromatic heterocycles. The van der Waals surface area contributed by atoms with E-state index in [0.717, 1.165) is 49.7 Å². The molecule has 0 spiro atoms. The molecular formula is C27H44O4. The monoisotopic (exact) mass is 432 g/mol. The van der Waals surface area contributed by atoms with Crippen LogP contribution in [0.3, 0.4) is 0 Å². The molecule has 0 radical (unpaired) electrons. The maximum Gasteiger partial charge on any atom is 0.0811 e. The third-order valence-corrected chi connectivity index (χ3v) is 8.37. The van der Waals surface area contributed by atoms with E-state index in [9.17, 15) is 20.4 Å². The first-order valence-electron chi connectivity index (χ1n) is 12.3. The van der Waals surface area contributed by atoms with E-state index in [4.69, 9.17) is 0 Å². The van der Waals surface area contributed by atoms with E-state index in [1.165, 1.54) is 5.57 Å². The summed E-state index contributed by atoms with van der Waals surface area (Å²) in [7, 11) is 0. The van der Waals surface area contributed by atoms with Gasteiger partial charge in [-0.25, -0.2) is 0 Å². The summed E-state index contributed by atoms with van der Waals surface area (Å²) in [6.07, 6.45) is 10.1.